The molecule has 1 amide bonds. The molecular formula is C22H24N2O2. The fourth-order valence-electron chi connectivity index (χ4n) is 3.57. The maximum atomic E-state index is 12.2. The second kappa shape index (κ2) is 7.65. The number of piperidine rings is 1. The van der Waals surface area contributed by atoms with Crippen molar-refractivity contribution < 1.29 is 9.53 Å². The van der Waals surface area contributed by atoms with Crippen LogP contribution in [0.5, 0.6) is 5.75 Å². The molecule has 0 aliphatic carbocycles. The first kappa shape index (κ1) is 16.7. The number of fused-ring (bicyclic) bond motifs is 1. The van der Waals surface area contributed by atoms with Crippen molar-refractivity contribution in [3.63, 3.8) is 0 Å². The highest BCUT2D eigenvalue weighted by atomic mass is 16.5. The van der Waals surface area contributed by atoms with Gasteiger partial charge in [0.25, 0.3) is 0 Å². The smallest absolute Gasteiger partial charge is 0.248 e. The van der Waals surface area contributed by atoms with Crippen LogP contribution in [0.1, 0.15) is 30.4 Å². The summed E-state index contributed by atoms with van der Waals surface area (Å²) in [7, 11) is 0. The SMILES string of the molecule is O=C(/C=C\c1ccc2c(c1)CCO2)Nc1ccc(N2CCCCC2)cc1. The Labute approximate surface area is 154 Å². The van der Waals surface area contributed by atoms with Gasteiger partial charge in [0, 0.05) is 37.0 Å². The van der Waals surface area contributed by atoms with E-state index in [1.54, 1.807) is 6.08 Å². The molecule has 2 aliphatic rings. The molecule has 0 atom stereocenters. The minimum Gasteiger partial charge on any atom is -0.493 e. The molecule has 0 aromatic heterocycles. The lowest BCUT2D eigenvalue weighted by molar-refractivity contribution is -0.111. The van der Waals surface area contributed by atoms with Gasteiger partial charge in [0.1, 0.15) is 5.75 Å². The van der Waals surface area contributed by atoms with E-state index in [1.165, 1.54) is 30.5 Å². The molecule has 1 saturated heterocycles. The highest BCUT2D eigenvalue weighted by molar-refractivity contribution is 6.02. The van der Waals surface area contributed by atoms with Gasteiger partial charge in [-0.1, -0.05) is 6.07 Å². The number of hydrogen-bond acceptors (Lipinski definition) is 3. The van der Waals surface area contributed by atoms with E-state index >= 15 is 0 Å². The van der Waals surface area contributed by atoms with Crippen LogP contribution in [-0.4, -0.2) is 25.6 Å². The molecule has 26 heavy (non-hydrogen) atoms. The molecule has 0 radical (unpaired) electrons. The largest absolute Gasteiger partial charge is 0.493 e. The second-order valence-electron chi connectivity index (χ2n) is 6.88. The Bertz CT molecular complexity index is 805. The first-order valence-corrected chi connectivity index (χ1v) is 9.38. The van der Waals surface area contributed by atoms with Gasteiger partial charge in [-0.2, -0.15) is 0 Å². The number of rotatable bonds is 4. The number of carbonyl (C=O) groups excluding carboxylic acids is 1. The Morgan fingerprint density at radius 1 is 1.04 bits per heavy atom. The van der Waals surface area contributed by atoms with Gasteiger partial charge in [-0.3, -0.25) is 4.79 Å². The van der Waals surface area contributed by atoms with E-state index in [-0.39, 0.29) is 5.91 Å². The van der Waals surface area contributed by atoms with Gasteiger partial charge in [-0.15, -0.1) is 0 Å². The monoisotopic (exact) mass is 348 g/mol. The van der Waals surface area contributed by atoms with Crippen molar-refractivity contribution in [2.75, 3.05) is 29.9 Å². The molecule has 2 aliphatic heterocycles. The molecule has 0 spiro atoms. The summed E-state index contributed by atoms with van der Waals surface area (Å²) in [5.41, 5.74) is 4.28. The maximum absolute atomic E-state index is 12.2. The number of nitrogens with one attached hydrogen (secondary N) is 1. The zero-order valence-corrected chi connectivity index (χ0v) is 14.9. The van der Waals surface area contributed by atoms with Gasteiger partial charge in [0.15, 0.2) is 0 Å². The van der Waals surface area contributed by atoms with E-state index in [1.807, 2.05) is 30.3 Å². The minimum atomic E-state index is -0.118. The average Bonchev–Trinajstić information content (AvgIpc) is 3.15. The third kappa shape index (κ3) is 3.90. The summed E-state index contributed by atoms with van der Waals surface area (Å²) in [6, 6.07) is 14.2. The number of benzene rings is 2. The third-order valence-electron chi connectivity index (χ3n) is 5.00. The fourth-order valence-corrected chi connectivity index (χ4v) is 3.57. The summed E-state index contributed by atoms with van der Waals surface area (Å²) < 4.78 is 5.50. The highest BCUT2D eigenvalue weighted by Crippen LogP contribution is 2.26. The Morgan fingerprint density at radius 3 is 2.65 bits per heavy atom. The van der Waals surface area contributed by atoms with E-state index in [0.29, 0.717) is 0 Å². The summed E-state index contributed by atoms with van der Waals surface area (Å²) in [5, 5.41) is 2.93. The number of amides is 1. The molecule has 134 valence electrons. The lowest BCUT2D eigenvalue weighted by atomic mass is 10.1. The molecule has 2 aromatic rings. The Balaban J connectivity index is 1.35. The topological polar surface area (TPSA) is 41.6 Å². The van der Waals surface area contributed by atoms with E-state index in [2.05, 4.69) is 28.4 Å². The average molecular weight is 348 g/mol. The van der Waals surface area contributed by atoms with Gasteiger partial charge in [0.2, 0.25) is 5.91 Å². The summed E-state index contributed by atoms with van der Waals surface area (Å²) in [5.74, 6) is 0.841. The van der Waals surface area contributed by atoms with E-state index in [0.717, 1.165) is 43.1 Å². The van der Waals surface area contributed by atoms with Gasteiger partial charge in [-0.05, 0) is 72.9 Å². The molecule has 2 aromatic carbocycles. The maximum Gasteiger partial charge on any atom is 0.248 e. The van der Waals surface area contributed by atoms with Crippen molar-refractivity contribution in [2.24, 2.45) is 0 Å². The Hall–Kier alpha value is -2.75. The number of nitrogens with zero attached hydrogens (tertiary/aromatic N) is 1. The fraction of sp³-hybridized carbons (Fsp3) is 0.318. The highest BCUT2D eigenvalue weighted by Gasteiger charge is 2.12. The van der Waals surface area contributed by atoms with Crippen molar-refractivity contribution in [3.8, 4) is 5.75 Å². The van der Waals surface area contributed by atoms with E-state index < -0.39 is 0 Å². The van der Waals surface area contributed by atoms with Crippen LogP contribution in [0.15, 0.2) is 48.5 Å². The van der Waals surface area contributed by atoms with E-state index in [9.17, 15) is 4.79 Å². The molecule has 0 unspecified atom stereocenters. The first-order valence-electron chi connectivity index (χ1n) is 9.38. The van der Waals surface area contributed by atoms with Crippen LogP contribution in [0.4, 0.5) is 11.4 Å². The second-order valence-corrected chi connectivity index (χ2v) is 6.88. The molecule has 4 heteroatoms. The van der Waals surface area contributed by atoms with Gasteiger partial charge in [0.05, 0.1) is 6.61 Å². The van der Waals surface area contributed by atoms with Gasteiger partial charge >= 0.3 is 0 Å². The van der Waals surface area contributed by atoms with Crippen molar-refractivity contribution >= 4 is 23.4 Å². The number of hydrogen-bond donors (Lipinski definition) is 1. The van der Waals surface area contributed by atoms with E-state index in [4.69, 9.17) is 4.74 Å². The standard InChI is InChI=1S/C22H24N2O2/c25-22(11-5-17-4-10-21-18(16-17)12-15-26-21)23-19-6-8-20(9-7-19)24-13-2-1-3-14-24/h4-11,16H,1-3,12-15H2,(H,23,25)/b11-5-. The van der Waals surface area contributed by atoms with Crippen LogP contribution >= 0.6 is 0 Å². The molecule has 4 rings (SSSR count). The summed E-state index contributed by atoms with van der Waals surface area (Å²) in [6.45, 7) is 3.00. The number of ether oxygens (including phenoxy) is 1. The molecule has 2 heterocycles. The zero-order chi connectivity index (χ0) is 17.8. The summed E-state index contributed by atoms with van der Waals surface area (Å²) >= 11 is 0. The van der Waals surface area contributed by atoms with Crippen molar-refractivity contribution in [1.29, 1.82) is 0 Å². The van der Waals surface area contributed by atoms with Gasteiger partial charge in [-0.25, -0.2) is 0 Å². The number of anilines is 2. The third-order valence-corrected chi connectivity index (χ3v) is 5.00. The summed E-state index contributed by atoms with van der Waals surface area (Å²) in [6.07, 6.45) is 8.21. The van der Waals surface area contributed by atoms with Crippen LogP contribution in [0.25, 0.3) is 6.08 Å². The quantitative estimate of drug-likeness (QED) is 0.839. The van der Waals surface area contributed by atoms with Crippen LogP contribution < -0.4 is 15.0 Å². The lowest BCUT2D eigenvalue weighted by Gasteiger charge is -2.28. The molecule has 1 fully saturated rings. The molecular weight excluding hydrogens is 324 g/mol. The molecule has 0 bridgehead atoms. The molecule has 4 nitrogen and oxygen atoms in total. The van der Waals surface area contributed by atoms with Crippen molar-refractivity contribution in [1.82, 2.24) is 0 Å². The molecule has 0 saturated carbocycles. The predicted octanol–water partition coefficient (Wildman–Crippen LogP) is 4.26. The normalized spacial score (nSPS) is 16.4. The van der Waals surface area contributed by atoms with Crippen LogP contribution in [0, 0.1) is 0 Å². The Morgan fingerprint density at radius 2 is 1.85 bits per heavy atom. The Kier molecular flexibility index (Phi) is 4.91. The number of carbonyl (C=O) groups is 1. The first-order chi connectivity index (χ1) is 12.8. The van der Waals surface area contributed by atoms with Crippen LogP contribution in [-0.2, 0) is 11.2 Å². The molecule has 1 N–H and O–H groups in total. The zero-order valence-electron chi connectivity index (χ0n) is 14.9. The van der Waals surface area contributed by atoms with Crippen LogP contribution in [0.3, 0.4) is 0 Å². The predicted molar refractivity (Wildman–Crippen MR) is 106 cm³/mol. The minimum absolute atomic E-state index is 0.118. The lowest BCUT2D eigenvalue weighted by Crippen LogP contribution is -2.29. The summed E-state index contributed by atoms with van der Waals surface area (Å²) in [4.78, 5) is 14.6. The van der Waals surface area contributed by atoms with Crippen molar-refractivity contribution in [3.05, 3.63) is 59.7 Å². The van der Waals surface area contributed by atoms with Crippen LogP contribution in [0.2, 0.25) is 0 Å². The van der Waals surface area contributed by atoms with Crippen molar-refractivity contribution in [2.45, 2.75) is 25.7 Å². The van der Waals surface area contributed by atoms with Gasteiger partial charge < -0.3 is 15.0 Å².